The van der Waals surface area contributed by atoms with E-state index in [1.165, 1.54) is 0 Å². The van der Waals surface area contributed by atoms with Crippen molar-refractivity contribution in [3.8, 4) is 0 Å². The van der Waals surface area contributed by atoms with Crippen molar-refractivity contribution in [1.29, 1.82) is 0 Å². The molecule has 4 heteroatoms. The van der Waals surface area contributed by atoms with Gasteiger partial charge in [-0.15, -0.1) is 0 Å². The fourth-order valence-electron chi connectivity index (χ4n) is 1.46. The van der Waals surface area contributed by atoms with Gasteiger partial charge < -0.3 is 14.9 Å². The lowest BCUT2D eigenvalue weighted by Crippen LogP contribution is -2.15. The first-order chi connectivity index (χ1) is 6.70. The number of unbranched alkanes of at least 4 members (excludes halogenated alkanes) is 2. The summed E-state index contributed by atoms with van der Waals surface area (Å²) in [4.78, 5) is 11.2. The van der Waals surface area contributed by atoms with Crippen LogP contribution < -0.4 is 0 Å². The molecule has 0 aliphatic carbocycles. The minimum Gasteiger partial charge on any atom is -0.508 e. The number of carbonyl (C=O) groups is 1. The Bertz CT molecular complexity index is 245. The lowest BCUT2D eigenvalue weighted by Gasteiger charge is -2.04. The summed E-state index contributed by atoms with van der Waals surface area (Å²) in [5, 5.41) is 18.3. The molecule has 4 nitrogen and oxygen atoms in total. The molecule has 0 radical (unpaired) electrons. The van der Waals surface area contributed by atoms with E-state index in [-0.39, 0.29) is 12.4 Å². The summed E-state index contributed by atoms with van der Waals surface area (Å²) in [6.07, 6.45) is 2.65. The summed E-state index contributed by atoms with van der Waals surface area (Å²) in [5.74, 6) is -0.578. The van der Waals surface area contributed by atoms with E-state index >= 15 is 0 Å². The Morgan fingerprint density at radius 1 is 1.43 bits per heavy atom. The number of esters is 1. The largest absolute Gasteiger partial charge is 0.508 e. The summed E-state index contributed by atoms with van der Waals surface area (Å²) < 4.78 is 4.75. The van der Waals surface area contributed by atoms with Gasteiger partial charge in [-0.1, -0.05) is 19.8 Å². The highest BCUT2D eigenvalue weighted by Crippen LogP contribution is 2.24. The molecule has 0 amide bonds. The summed E-state index contributed by atoms with van der Waals surface area (Å²) in [6, 6.07) is 0. The molecule has 0 spiro atoms. The van der Waals surface area contributed by atoms with Crippen LogP contribution in [0.2, 0.25) is 0 Å². The average Bonchev–Trinajstić information content (AvgIpc) is 2.45. The third-order valence-corrected chi connectivity index (χ3v) is 2.31. The summed E-state index contributed by atoms with van der Waals surface area (Å²) in [5.41, 5.74) is 0.331. The van der Waals surface area contributed by atoms with Crippen LogP contribution in [0, 0.1) is 0 Å². The van der Waals surface area contributed by atoms with Gasteiger partial charge in [0.2, 0.25) is 0 Å². The highest BCUT2D eigenvalue weighted by atomic mass is 16.6. The highest BCUT2D eigenvalue weighted by Gasteiger charge is 2.32. The van der Waals surface area contributed by atoms with E-state index in [0.29, 0.717) is 12.0 Å². The van der Waals surface area contributed by atoms with Crippen LogP contribution in [0.25, 0.3) is 0 Å². The maximum absolute atomic E-state index is 11.2. The first-order valence-corrected chi connectivity index (χ1v) is 4.94. The number of cyclic esters (lactones) is 1. The second kappa shape index (κ2) is 5.00. The molecular weight excluding hydrogens is 184 g/mol. The van der Waals surface area contributed by atoms with E-state index in [2.05, 4.69) is 6.92 Å². The van der Waals surface area contributed by atoms with Crippen LogP contribution in [0.5, 0.6) is 0 Å². The van der Waals surface area contributed by atoms with Gasteiger partial charge in [0.05, 0.1) is 12.2 Å². The quantitative estimate of drug-likeness (QED) is 0.518. The molecule has 14 heavy (non-hydrogen) atoms. The van der Waals surface area contributed by atoms with E-state index in [1.807, 2.05) is 0 Å². The van der Waals surface area contributed by atoms with Crippen LogP contribution in [0.3, 0.4) is 0 Å². The Hall–Kier alpha value is -1.03. The molecule has 80 valence electrons. The number of carbonyl (C=O) groups excluding carboxylic acids is 1. The predicted octanol–water partition coefficient (Wildman–Crippen LogP) is 1.30. The third kappa shape index (κ3) is 2.26. The minimum absolute atomic E-state index is 0.0893. The number of hydrogen-bond acceptors (Lipinski definition) is 4. The molecular formula is C10H16O4. The van der Waals surface area contributed by atoms with Gasteiger partial charge in [0.15, 0.2) is 6.10 Å². The predicted molar refractivity (Wildman–Crippen MR) is 50.8 cm³/mol. The number of aliphatic hydroxyl groups excluding tert-OH is 2. The van der Waals surface area contributed by atoms with Crippen molar-refractivity contribution in [2.45, 2.75) is 38.7 Å². The molecule has 1 heterocycles. The standard InChI is InChI=1S/C10H16O4/c1-2-3-4-5-7-9(12)8(6-11)14-10(7)13/h8,11-12H,2-6H2,1H3. The van der Waals surface area contributed by atoms with Crippen molar-refractivity contribution in [2.24, 2.45) is 0 Å². The zero-order valence-electron chi connectivity index (χ0n) is 8.32. The first-order valence-electron chi connectivity index (χ1n) is 4.94. The summed E-state index contributed by atoms with van der Waals surface area (Å²) in [6.45, 7) is 1.71. The van der Waals surface area contributed by atoms with E-state index in [0.717, 1.165) is 19.3 Å². The lowest BCUT2D eigenvalue weighted by atomic mass is 10.1. The second-order valence-electron chi connectivity index (χ2n) is 3.40. The maximum atomic E-state index is 11.2. The number of aliphatic hydroxyl groups is 2. The molecule has 0 saturated heterocycles. The number of ether oxygens (including phenoxy) is 1. The molecule has 0 aromatic carbocycles. The van der Waals surface area contributed by atoms with Crippen molar-refractivity contribution in [2.75, 3.05) is 6.61 Å². The average molecular weight is 200 g/mol. The maximum Gasteiger partial charge on any atom is 0.338 e. The fraction of sp³-hybridized carbons (Fsp3) is 0.700. The summed E-state index contributed by atoms with van der Waals surface area (Å²) in [7, 11) is 0. The van der Waals surface area contributed by atoms with Gasteiger partial charge >= 0.3 is 5.97 Å². The normalized spacial score (nSPS) is 21.6. The van der Waals surface area contributed by atoms with Crippen LogP contribution in [0.4, 0.5) is 0 Å². The molecule has 1 atom stereocenters. The van der Waals surface area contributed by atoms with E-state index in [4.69, 9.17) is 9.84 Å². The van der Waals surface area contributed by atoms with Crippen LogP contribution in [-0.4, -0.2) is 28.9 Å². The Balaban J connectivity index is 2.56. The van der Waals surface area contributed by atoms with Gasteiger partial charge in [-0.2, -0.15) is 0 Å². The van der Waals surface area contributed by atoms with Crippen LogP contribution in [0.1, 0.15) is 32.6 Å². The van der Waals surface area contributed by atoms with Crippen molar-refractivity contribution in [3.05, 3.63) is 11.3 Å². The van der Waals surface area contributed by atoms with Gasteiger partial charge in [0, 0.05) is 0 Å². The van der Waals surface area contributed by atoms with Gasteiger partial charge in [-0.25, -0.2) is 4.79 Å². The second-order valence-corrected chi connectivity index (χ2v) is 3.40. The fourth-order valence-corrected chi connectivity index (χ4v) is 1.46. The van der Waals surface area contributed by atoms with Gasteiger partial charge in [-0.05, 0) is 12.8 Å². The lowest BCUT2D eigenvalue weighted by molar-refractivity contribution is -0.141. The van der Waals surface area contributed by atoms with Crippen molar-refractivity contribution >= 4 is 5.97 Å². The van der Waals surface area contributed by atoms with E-state index in [9.17, 15) is 9.90 Å². The molecule has 1 rings (SSSR count). The zero-order valence-corrected chi connectivity index (χ0v) is 8.32. The molecule has 2 N–H and O–H groups in total. The SMILES string of the molecule is CCCCCC1=C(O)C(CO)OC1=O. The zero-order chi connectivity index (χ0) is 10.6. The first kappa shape index (κ1) is 11.0. The molecule has 1 aliphatic heterocycles. The van der Waals surface area contributed by atoms with Gasteiger partial charge in [-0.3, -0.25) is 0 Å². The molecule has 1 unspecified atom stereocenters. The Labute approximate surface area is 83.2 Å². The Morgan fingerprint density at radius 2 is 2.14 bits per heavy atom. The molecule has 0 saturated carbocycles. The van der Waals surface area contributed by atoms with Gasteiger partial charge in [0.1, 0.15) is 5.76 Å². The van der Waals surface area contributed by atoms with E-state index in [1.54, 1.807) is 0 Å². The van der Waals surface area contributed by atoms with Crippen molar-refractivity contribution < 1.29 is 19.7 Å². The highest BCUT2D eigenvalue weighted by molar-refractivity contribution is 5.91. The monoisotopic (exact) mass is 200 g/mol. The Morgan fingerprint density at radius 3 is 2.64 bits per heavy atom. The third-order valence-electron chi connectivity index (χ3n) is 2.31. The molecule has 0 aromatic rings. The van der Waals surface area contributed by atoms with Crippen molar-refractivity contribution in [1.82, 2.24) is 0 Å². The number of hydrogen-bond donors (Lipinski definition) is 2. The molecule has 0 aromatic heterocycles. The van der Waals surface area contributed by atoms with E-state index < -0.39 is 12.1 Å². The molecule has 0 fully saturated rings. The molecule has 1 aliphatic rings. The smallest absolute Gasteiger partial charge is 0.338 e. The van der Waals surface area contributed by atoms with Crippen molar-refractivity contribution in [3.63, 3.8) is 0 Å². The minimum atomic E-state index is -0.834. The molecule has 0 bridgehead atoms. The number of rotatable bonds is 5. The topological polar surface area (TPSA) is 66.8 Å². The Kier molecular flexibility index (Phi) is 3.95. The van der Waals surface area contributed by atoms with Crippen LogP contribution in [0.15, 0.2) is 11.3 Å². The summed E-state index contributed by atoms with van der Waals surface area (Å²) >= 11 is 0. The van der Waals surface area contributed by atoms with Crippen LogP contribution >= 0.6 is 0 Å². The van der Waals surface area contributed by atoms with Gasteiger partial charge in [0.25, 0.3) is 0 Å². The van der Waals surface area contributed by atoms with Crippen LogP contribution in [-0.2, 0) is 9.53 Å².